The second-order valence-corrected chi connectivity index (χ2v) is 8.50. The SMILES string of the molecule is Cc1ccc([C@H]2CC(=O)N3CN(c4cccc(Cl)c4C)CSC3=C2C#N)cc1. The van der Waals surface area contributed by atoms with Gasteiger partial charge >= 0.3 is 0 Å². The number of halogens is 1. The second-order valence-electron chi connectivity index (χ2n) is 7.16. The molecule has 0 spiro atoms. The number of nitrogens with zero attached hydrogens (tertiary/aromatic N) is 3. The van der Waals surface area contributed by atoms with Gasteiger partial charge in [0.05, 0.1) is 29.2 Å². The van der Waals surface area contributed by atoms with Crippen molar-refractivity contribution in [1.82, 2.24) is 4.90 Å². The van der Waals surface area contributed by atoms with Gasteiger partial charge < -0.3 is 4.90 Å². The van der Waals surface area contributed by atoms with Crippen LogP contribution in [0, 0.1) is 25.2 Å². The Balaban J connectivity index is 1.68. The first-order valence-electron chi connectivity index (χ1n) is 9.13. The lowest BCUT2D eigenvalue weighted by atomic mass is 9.86. The van der Waals surface area contributed by atoms with Crippen LogP contribution in [-0.2, 0) is 4.79 Å². The smallest absolute Gasteiger partial charge is 0.229 e. The summed E-state index contributed by atoms with van der Waals surface area (Å²) in [5.74, 6) is 0.555. The van der Waals surface area contributed by atoms with E-state index in [-0.39, 0.29) is 11.8 Å². The molecular formula is C22H20ClN3OS. The predicted molar refractivity (Wildman–Crippen MR) is 114 cm³/mol. The summed E-state index contributed by atoms with van der Waals surface area (Å²) in [4.78, 5) is 16.9. The van der Waals surface area contributed by atoms with E-state index in [9.17, 15) is 10.1 Å². The molecular weight excluding hydrogens is 390 g/mol. The number of carbonyl (C=O) groups is 1. The topological polar surface area (TPSA) is 47.3 Å². The average Bonchev–Trinajstić information content (AvgIpc) is 2.70. The lowest BCUT2D eigenvalue weighted by molar-refractivity contribution is -0.129. The highest BCUT2D eigenvalue weighted by atomic mass is 35.5. The first-order valence-corrected chi connectivity index (χ1v) is 10.5. The van der Waals surface area contributed by atoms with Crippen molar-refractivity contribution in [3.8, 4) is 6.07 Å². The average molecular weight is 410 g/mol. The zero-order valence-electron chi connectivity index (χ0n) is 15.8. The monoisotopic (exact) mass is 409 g/mol. The minimum atomic E-state index is -0.170. The first-order chi connectivity index (χ1) is 13.5. The zero-order chi connectivity index (χ0) is 19.8. The third kappa shape index (κ3) is 3.28. The molecule has 2 aromatic carbocycles. The van der Waals surface area contributed by atoms with Crippen LogP contribution >= 0.6 is 23.4 Å². The van der Waals surface area contributed by atoms with Gasteiger partial charge in [-0.25, -0.2) is 0 Å². The van der Waals surface area contributed by atoms with Crippen LogP contribution in [0.5, 0.6) is 0 Å². The summed E-state index contributed by atoms with van der Waals surface area (Å²) in [6.45, 7) is 4.46. The normalized spacial score (nSPS) is 19.5. The van der Waals surface area contributed by atoms with Gasteiger partial charge in [-0.15, -0.1) is 0 Å². The number of fused-ring (bicyclic) bond motifs is 1. The molecule has 1 atom stereocenters. The van der Waals surface area contributed by atoms with Gasteiger partial charge in [0.1, 0.15) is 0 Å². The molecule has 2 aromatic rings. The van der Waals surface area contributed by atoms with Gasteiger partial charge in [-0.1, -0.05) is 59.3 Å². The zero-order valence-corrected chi connectivity index (χ0v) is 17.3. The second kappa shape index (κ2) is 7.54. The molecule has 4 rings (SSSR count). The highest BCUT2D eigenvalue weighted by Gasteiger charge is 2.38. The summed E-state index contributed by atoms with van der Waals surface area (Å²) in [5, 5.41) is 11.4. The lowest BCUT2D eigenvalue weighted by Gasteiger charge is -2.42. The van der Waals surface area contributed by atoms with E-state index in [0.717, 1.165) is 21.8 Å². The number of aryl methyl sites for hydroxylation is 1. The van der Waals surface area contributed by atoms with Crippen LogP contribution in [0.3, 0.4) is 0 Å². The van der Waals surface area contributed by atoms with Gasteiger partial charge in [0, 0.05) is 23.0 Å². The molecule has 142 valence electrons. The van der Waals surface area contributed by atoms with Crippen LogP contribution in [0.4, 0.5) is 5.69 Å². The number of hydrogen-bond donors (Lipinski definition) is 0. The van der Waals surface area contributed by atoms with Gasteiger partial charge in [0.15, 0.2) is 0 Å². The number of amides is 1. The Hall–Kier alpha value is -2.42. The molecule has 2 heterocycles. The molecule has 1 amide bonds. The lowest BCUT2D eigenvalue weighted by Crippen LogP contribution is -2.47. The Bertz CT molecular complexity index is 1010. The number of hydrogen-bond acceptors (Lipinski definition) is 4. The molecule has 0 saturated carbocycles. The Labute approximate surface area is 174 Å². The summed E-state index contributed by atoms with van der Waals surface area (Å²) in [5.41, 5.74) is 4.90. The molecule has 4 nitrogen and oxygen atoms in total. The third-order valence-corrected chi connectivity index (χ3v) is 6.92. The number of benzene rings is 2. The quantitative estimate of drug-likeness (QED) is 0.685. The van der Waals surface area contributed by atoms with Crippen LogP contribution in [-0.4, -0.2) is 23.4 Å². The van der Waals surface area contributed by atoms with Gasteiger partial charge in [-0.05, 0) is 37.1 Å². The maximum atomic E-state index is 13.0. The number of anilines is 1. The van der Waals surface area contributed by atoms with E-state index in [4.69, 9.17) is 11.6 Å². The van der Waals surface area contributed by atoms with Gasteiger partial charge in [0.25, 0.3) is 0 Å². The van der Waals surface area contributed by atoms with Crippen molar-refractivity contribution in [2.45, 2.75) is 26.2 Å². The van der Waals surface area contributed by atoms with Crippen molar-refractivity contribution >= 4 is 35.0 Å². The largest absolute Gasteiger partial charge is 0.343 e. The summed E-state index contributed by atoms with van der Waals surface area (Å²) in [7, 11) is 0. The standard InChI is InChI=1S/C22H20ClN3OS/c1-14-6-8-16(9-7-14)17-10-21(27)26-12-25(13-28-22(26)18(17)11-24)20-5-3-4-19(23)15(20)2/h3-9,17H,10,12-13H2,1-2H3/t17-/m1/s1. The number of thioether (sulfide) groups is 1. The molecule has 0 radical (unpaired) electrons. The van der Waals surface area contributed by atoms with E-state index >= 15 is 0 Å². The fourth-order valence-electron chi connectivity index (χ4n) is 3.74. The fraction of sp³-hybridized carbons (Fsp3) is 0.273. The Kier molecular flexibility index (Phi) is 5.09. The number of nitriles is 1. The summed E-state index contributed by atoms with van der Waals surface area (Å²) in [6, 6.07) is 16.3. The van der Waals surface area contributed by atoms with Gasteiger partial charge in [-0.2, -0.15) is 5.26 Å². The molecule has 0 aromatic heterocycles. The van der Waals surface area contributed by atoms with Crippen molar-refractivity contribution in [2.24, 2.45) is 0 Å². The number of carbonyl (C=O) groups excluding carboxylic acids is 1. The van der Waals surface area contributed by atoms with Gasteiger partial charge in [-0.3, -0.25) is 9.69 Å². The van der Waals surface area contributed by atoms with Crippen molar-refractivity contribution in [1.29, 1.82) is 5.26 Å². The maximum Gasteiger partial charge on any atom is 0.229 e. The van der Waals surface area contributed by atoms with Crippen LogP contribution < -0.4 is 4.90 Å². The number of allylic oxidation sites excluding steroid dienone is 1. The molecule has 1 fully saturated rings. The molecule has 2 aliphatic rings. The first kappa shape index (κ1) is 18.9. The summed E-state index contributed by atoms with van der Waals surface area (Å²) < 4.78 is 0. The van der Waals surface area contributed by atoms with Crippen LogP contribution in [0.1, 0.15) is 29.0 Å². The Morgan fingerprint density at radius 2 is 1.93 bits per heavy atom. The Morgan fingerprint density at radius 3 is 2.64 bits per heavy atom. The molecule has 0 unspecified atom stereocenters. The minimum absolute atomic E-state index is 0.0523. The van der Waals surface area contributed by atoms with Crippen molar-refractivity contribution in [2.75, 3.05) is 17.4 Å². The molecule has 28 heavy (non-hydrogen) atoms. The predicted octanol–water partition coefficient (Wildman–Crippen LogP) is 5.18. The molecule has 0 bridgehead atoms. The molecule has 6 heteroatoms. The van der Waals surface area contributed by atoms with E-state index in [1.165, 1.54) is 5.56 Å². The highest BCUT2D eigenvalue weighted by Crippen LogP contribution is 2.43. The van der Waals surface area contributed by atoms with Crippen molar-refractivity contribution in [3.05, 3.63) is 74.8 Å². The van der Waals surface area contributed by atoms with E-state index in [1.54, 1.807) is 16.7 Å². The molecule has 0 aliphatic carbocycles. The maximum absolute atomic E-state index is 13.0. The van der Waals surface area contributed by atoms with Crippen LogP contribution in [0.25, 0.3) is 0 Å². The van der Waals surface area contributed by atoms with Crippen LogP contribution in [0.15, 0.2) is 53.1 Å². The Morgan fingerprint density at radius 1 is 1.18 bits per heavy atom. The molecule has 0 N–H and O–H groups in total. The van der Waals surface area contributed by atoms with Crippen LogP contribution in [0.2, 0.25) is 5.02 Å². The van der Waals surface area contributed by atoms with Gasteiger partial charge in [0.2, 0.25) is 5.91 Å². The highest BCUT2D eigenvalue weighted by molar-refractivity contribution is 8.03. The van der Waals surface area contributed by atoms with E-state index in [1.807, 2.05) is 56.3 Å². The van der Waals surface area contributed by atoms with E-state index in [0.29, 0.717) is 29.6 Å². The summed E-state index contributed by atoms with van der Waals surface area (Å²) >= 11 is 7.82. The van der Waals surface area contributed by atoms with Crippen molar-refractivity contribution < 1.29 is 4.79 Å². The van der Waals surface area contributed by atoms with Crippen molar-refractivity contribution in [3.63, 3.8) is 0 Å². The third-order valence-electron chi connectivity index (χ3n) is 5.35. The molecule has 2 aliphatic heterocycles. The van der Waals surface area contributed by atoms with E-state index in [2.05, 4.69) is 11.0 Å². The van der Waals surface area contributed by atoms with E-state index < -0.39 is 0 Å². The summed E-state index contributed by atoms with van der Waals surface area (Å²) in [6.07, 6.45) is 0.318. The number of rotatable bonds is 2. The molecule has 1 saturated heterocycles. The minimum Gasteiger partial charge on any atom is -0.343 e. The fourth-order valence-corrected chi connectivity index (χ4v) is 5.06.